The van der Waals surface area contributed by atoms with Crippen LogP contribution in [0.4, 0.5) is 4.79 Å². The molecular weight excluding hydrogens is 230 g/mol. The number of likely N-dealkylation sites (N-methyl/N-ethyl adjacent to an activating group) is 1. The van der Waals surface area contributed by atoms with Gasteiger partial charge < -0.3 is 14.5 Å². The van der Waals surface area contributed by atoms with Crippen molar-refractivity contribution >= 4 is 6.09 Å². The van der Waals surface area contributed by atoms with Crippen molar-refractivity contribution in [3.63, 3.8) is 0 Å². The first-order chi connectivity index (χ1) is 8.70. The van der Waals surface area contributed by atoms with E-state index in [0.717, 1.165) is 26.2 Å². The zero-order valence-corrected chi connectivity index (χ0v) is 11.6. The molecule has 0 radical (unpaired) electrons. The van der Waals surface area contributed by atoms with Gasteiger partial charge in [0.25, 0.3) is 0 Å². The molecule has 2 heterocycles. The third-order valence-electron chi connectivity index (χ3n) is 3.96. The van der Waals surface area contributed by atoms with Crippen LogP contribution in [0.1, 0.15) is 19.8 Å². The molecule has 2 rings (SSSR count). The van der Waals surface area contributed by atoms with Gasteiger partial charge in [0.15, 0.2) is 0 Å². The van der Waals surface area contributed by atoms with E-state index >= 15 is 0 Å². The second-order valence-electron chi connectivity index (χ2n) is 5.28. The number of piperazine rings is 1. The summed E-state index contributed by atoms with van der Waals surface area (Å²) in [4.78, 5) is 18.4. The number of hydrogen-bond donors (Lipinski definition) is 0. The Morgan fingerprint density at radius 3 is 2.56 bits per heavy atom. The zero-order valence-electron chi connectivity index (χ0n) is 11.6. The Balaban J connectivity index is 1.77. The van der Waals surface area contributed by atoms with Gasteiger partial charge in [0.2, 0.25) is 0 Å². The lowest BCUT2D eigenvalue weighted by atomic mass is 10.0. The molecule has 0 bridgehead atoms. The molecule has 0 aromatic rings. The average Bonchev–Trinajstić information content (AvgIpc) is 2.39. The van der Waals surface area contributed by atoms with Crippen molar-refractivity contribution in [2.75, 3.05) is 52.9 Å². The van der Waals surface area contributed by atoms with Crippen LogP contribution in [0, 0.1) is 0 Å². The Morgan fingerprint density at radius 2 is 1.94 bits per heavy atom. The fraction of sp³-hybridized carbons (Fsp3) is 0.923. The first kappa shape index (κ1) is 13.6. The second-order valence-corrected chi connectivity index (χ2v) is 5.28. The predicted octanol–water partition coefficient (Wildman–Crippen LogP) is 0.855. The highest BCUT2D eigenvalue weighted by atomic mass is 16.6. The van der Waals surface area contributed by atoms with Crippen LogP contribution in [0.15, 0.2) is 0 Å². The van der Waals surface area contributed by atoms with E-state index in [1.54, 1.807) is 0 Å². The Morgan fingerprint density at radius 1 is 1.22 bits per heavy atom. The Kier molecular flexibility index (Phi) is 4.83. The minimum Gasteiger partial charge on any atom is -0.450 e. The number of likely N-dealkylation sites (tertiary alicyclic amines) is 1. The number of amides is 1. The van der Waals surface area contributed by atoms with Gasteiger partial charge in [-0.25, -0.2) is 4.79 Å². The summed E-state index contributed by atoms with van der Waals surface area (Å²) in [6, 6.07) is 0.674. The SMILES string of the molecule is CCOC(=O)N1CCN(C2CCCN(C)C2)CC1. The second kappa shape index (κ2) is 6.38. The summed E-state index contributed by atoms with van der Waals surface area (Å²) in [5.74, 6) is 0. The van der Waals surface area contributed by atoms with Gasteiger partial charge in [-0.15, -0.1) is 0 Å². The quantitative estimate of drug-likeness (QED) is 0.733. The normalized spacial score (nSPS) is 27.2. The zero-order chi connectivity index (χ0) is 13.0. The highest BCUT2D eigenvalue weighted by Crippen LogP contribution is 2.16. The summed E-state index contributed by atoms with van der Waals surface area (Å²) in [7, 11) is 2.20. The van der Waals surface area contributed by atoms with Crippen LogP contribution in [-0.4, -0.2) is 79.8 Å². The molecule has 2 saturated heterocycles. The summed E-state index contributed by atoms with van der Waals surface area (Å²) in [6.07, 6.45) is 2.43. The topological polar surface area (TPSA) is 36.0 Å². The van der Waals surface area contributed by atoms with Gasteiger partial charge >= 0.3 is 6.09 Å². The van der Waals surface area contributed by atoms with Crippen molar-refractivity contribution in [2.24, 2.45) is 0 Å². The number of rotatable bonds is 2. The van der Waals surface area contributed by atoms with Gasteiger partial charge in [0.05, 0.1) is 6.61 Å². The fourth-order valence-electron chi connectivity index (χ4n) is 2.92. The molecule has 0 aliphatic carbocycles. The molecule has 5 nitrogen and oxygen atoms in total. The lowest BCUT2D eigenvalue weighted by molar-refractivity contribution is 0.0474. The highest BCUT2D eigenvalue weighted by Gasteiger charge is 2.28. The number of carbonyl (C=O) groups excluding carboxylic acids is 1. The number of piperidine rings is 1. The number of ether oxygens (including phenoxy) is 1. The molecule has 2 aliphatic heterocycles. The molecule has 0 aromatic heterocycles. The van der Waals surface area contributed by atoms with Crippen LogP contribution in [0.25, 0.3) is 0 Å². The van der Waals surface area contributed by atoms with Crippen LogP contribution >= 0.6 is 0 Å². The summed E-state index contributed by atoms with van der Waals surface area (Å²) in [6.45, 7) is 8.28. The van der Waals surface area contributed by atoms with Crippen molar-refractivity contribution < 1.29 is 9.53 Å². The minimum atomic E-state index is -0.155. The van der Waals surface area contributed by atoms with Crippen LogP contribution in [0.3, 0.4) is 0 Å². The highest BCUT2D eigenvalue weighted by molar-refractivity contribution is 5.67. The Hall–Kier alpha value is -0.810. The van der Waals surface area contributed by atoms with E-state index in [1.807, 2.05) is 11.8 Å². The summed E-state index contributed by atoms with van der Waals surface area (Å²) in [5, 5.41) is 0. The first-order valence-corrected chi connectivity index (χ1v) is 7.05. The van der Waals surface area contributed by atoms with Gasteiger partial charge in [0.1, 0.15) is 0 Å². The number of carbonyl (C=O) groups is 1. The fourth-order valence-corrected chi connectivity index (χ4v) is 2.92. The van der Waals surface area contributed by atoms with E-state index in [0.29, 0.717) is 12.6 Å². The molecule has 1 unspecified atom stereocenters. The molecule has 5 heteroatoms. The lowest BCUT2D eigenvalue weighted by Crippen LogP contribution is -2.55. The predicted molar refractivity (Wildman–Crippen MR) is 70.7 cm³/mol. The summed E-state index contributed by atoms with van der Waals surface area (Å²) < 4.78 is 5.04. The summed E-state index contributed by atoms with van der Waals surface area (Å²) in [5.41, 5.74) is 0. The van der Waals surface area contributed by atoms with Crippen LogP contribution in [-0.2, 0) is 4.74 Å². The van der Waals surface area contributed by atoms with Crippen molar-refractivity contribution in [2.45, 2.75) is 25.8 Å². The maximum absolute atomic E-state index is 11.6. The van der Waals surface area contributed by atoms with Crippen LogP contribution in [0.5, 0.6) is 0 Å². The molecule has 2 aliphatic rings. The molecule has 0 aromatic carbocycles. The summed E-state index contributed by atoms with van der Waals surface area (Å²) >= 11 is 0. The van der Waals surface area contributed by atoms with E-state index in [-0.39, 0.29) is 6.09 Å². The van der Waals surface area contributed by atoms with Gasteiger partial charge in [-0.3, -0.25) is 4.90 Å². The number of hydrogen-bond acceptors (Lipinski definition) is 4. The molecular formula is C13H25N3O2. The molecule has 0 spiro atoms. The maximum Gasteiger partial charge on any atom is 0.409 e. The van der Waals surface area contributed by atoms with E-state index in [9.17, 15) is 4.79 Å². The monoisotopic (exact) mass is 255 g/mol. The maximum atomic E-state index is 11.6. The van der Waals surface area contributed by atoms with Crippen molar-refractivity contribution in [1.29, 1.82) is 0 Å². The van der Waals surface area contributed by atoms with Crippen molar-refractivity contribution in [1.82, 2.24) is 14.7 Å². The van der Waals surface area contributed by atoms with Crippen LogP contribution < -0.4 is 0 Å². The van der Waals surface area contributed by atoms with Crippen molar-refractivity contribution in [3.05, 3.63) is 0 Å². The van der Waals surface area contributed by atoms with E-state index in [4.69, 9.17) is 4.74 Å². The molecule has 0 saturated carbocycles. The van der Waals surface area contributed by atoms with Crippen LogP contribution in [0.2, 0.25) is 0 Å². The van der Waals surface area contributed by atoms with Gasteiger partial charge in [-0.2, -0.15) is 0 Å². The van der Waals surface area contributed by atoms with Gasteiger partial charge in [-0.05, 0) is 33.4 Å². The standard InChI is InChI=1S/C13H25N3O2/c1-3-18-13(17)16-9-7-15(8-10-16)12-5-4-6-14(2)11-12/h12H,3-11H2,1-2H3. The van der Waals surface area contributed by atoms with E-state index < -0.39 is 0 Å². The average molecular weight is 255 g/mol. The first-order valence-electron chi connectivity index (χ1n) is 7.05. The molecule has 1 atom stereocenters. The van der Waals surface area contributed by atoms with E-state index in [1.165, 1.54) is 25.9 Å². The third kappa shape index (κ3) is 3.36. The molecule has 18 heavy (non-hydrogen) atoms. The Bertz CT molecular complexity index is 277. The number of nitrogens with zero attached hydrogens (tertiary/aromatic N) is 3. The van der Waals surface area contributed by atoms with Crippen molar-refractivity contribution in [3.8, 4) is 0 Å². The third-order valence-corrected chi connectivity index (χ3v) is 3.96. The molecule has 2 fully saturated rings. The largest absolute Gasteiger partial charge is 0.450 e. The van der Waals surface area contributed by atoms with Gasteiger partial charge in [-0.1, -0.05) is 0 Å². The minimum absolute atomic E-state index is 0.155. The smallest absolute Gasteiger partial charge is 0.409 e. The molecule has 104 valence electrons. The Labute approximate surface area is 110 Å². The molecule has 1 amide bonds. The van der Waals surface area contributed by atoms with E-state index in [2.05, 4.69) is 16.8 Å². The molecule has 0 N–H and O–H groups in total. The van der Waals surface area contributed by atoms with Gasteiger partial charge in [0, 0.05) is 38.8 Å². The lowest BCUT2D eigenvalue weighted by Gasteiger charge is -2.42.